The summed E-state index contributed by atoms with van der Waals surface area (Å²) in [5, 5.41) is 0. The molecule has 0 aromatic carbocycles. The molecule has 0 saturated carbocycles. The Balaban J connectivity index is 2.73. The van der Waals surface area contributed by atoms with E-state index in [0.29, 0.717) is 36.6 Å². The zero-order chi connectivity index (χ0) is 13.4. The van der Waals surface area contributed by atoms with Crippen LogP contribution in [-0.4, -0.2) is 45.5 Å². The molecule has 0 aliphatic carbocycles. The molecule has 0 unspecified atom stereocenters. The SMILES string of the molecule is COCCCN(CCOC)c1ncc(Br)cc1F. The Hall–Kier alpha value is -0.720. The number of pyridine rings is 1. The van der Waals surface area contributed by atoms with Gasteiger partial charge in [-0.05, 0) is 28.4 Å². The lowest BCUT2D eigenvalue weighted by molar-refractivity contribution is 0.190. The highest BCUT2D eigenvalue weighted by Gasteiger charge is 2.13. The van der Waals surface area contributed by atoms with Crippen LogP contribution >= 0.6 is 15.9 Å². The summed E-state index contributed by atoms with van der Waals surface area (Å²) in [7, 11) is 3.27. The van der Waals surface area contributed by atoms with Gasteiger partial charge in [-0.3, -0.25) is 0 Å². The summed E-state index contributed by atoms with van der Waals surface area (Å²) in [5.74, 6) is 0.0178. The molecule has 0 bridgehead atoms. The molecule has 0 atom stereocenters. The summed E-state index contributed by atoms with van der Waals surface area (Å²) in [5.41, 5.74) is 0. The quantitative estimate of drug-likeness (QED) is 0.689. The van der Waals surface area contributed by atoms with Gasteiger partial charge in [-0.1, -0.05) is 0 Å². The van der Waals surface area contributed by atoms with Gasteiger partial charge in [0.25, 0.3) is 0 Å². The smallest absolute Gasteiger partial charge is 0.166 e. The van der Waals surface area contributed by atoms with Gasteiger partial charge in [0.15, 0.2) is 11.6 Å². The van der Waals surface area contributed by atoms with Crippen molar-refractivity contribution in [1.82, 2.24) is 4.98 Å². The number of methoxy groups -OCH3 is 2. The third-order valence-electron chi connectivity index (χ3n) is 2.43. The predicted octanol–water partition coefficient (Wildman–Crippen LogP) is 2.47. The monoisotopic (exact) mass is 320 g/mol. The number of rotatable bonds is 8. The van der Waals surface area contributed by atoms with Gasteiger partial charge in [-0.2, -0.15) is 0 Å². The molecule has 1 aromatic heterocycles. The van der Waals surface area contributed by atoms with Gasteiger partial charge in [0, 0.05) is 44.6 Å². The Morgan fingerprint density at radius 1 is 1.28 bits per heavy atom. The van der Waals surface area contributed by atoms with E-state index in [1.54, 1.807) is 20.4 Å². The van der Waals surface area contributed by atoms with E-state index in [9.17, 15) is 4.39 Å². The second-order valence-electron chi connectivity index (χ2n) is 3.79. The van der Waals surface area contributed by atoms with Crippen LogP contribution in [-0.2, 0) is 9.47 Å². The Labute approximate surface area is 115 Å². The third kappa shape index (κ3) is 4.88. The van der Waals surface area contributed by atoms with E-state index in [-0.39, 0.29) is 5.82 Å². The molecule has 102 valence electrons. The van der Waals surface area contributed by atoms with E-state index < -0.39 is 0 Å². The second kappa shape index (κ2) is 8.39. The average molecular weight is 321 g/mol. The van der Waals surface area contributed by atoms with Crippen LogP contribution in [0.3, 0.4) is 0 Å². The first-order valence-electron chi connectivity index (χ1n) is 5.73. The minimum absolute atomic E-state index is 0.335. The molecule has 0 saturated heterocycles. The van der Waals surface area contributed by atoms with Gasteiger partial charge in [-0.25, -0.2) is 9.37 Å². The molecule has 1 rings (SSSR count). The number of nitrogens with zero attached hydrogens (tertiary/aromatic N) is 2. The predicted molar refractivity (Wildman–Crippen MR) is 72.5 cm³/mol. The highest BCUT2D eigenvalue weighted by atomic mass is 79.9. The van der Waals surface area contributed by atoms with Crippen LogP contribution in [0.25, 0.3) is 0 Å². The Morgan fingerprint density at radius 3 is 2.61 bits per heavy atom. The number of anilines is 1. The summed E-state index contributed by atoms with van der Waals surface area (Å²) in [4.78, 5) is 5.98. The largest absolute Gasteiger partial charge is 0.385 e. The molecule has 6 heteroatoms. The molecule has 0 aliphatic rings. The van der Waals surface area contributed by atoms with Crippen LogP contribution in [0.5, 0.6) is 0 Å². The minimum Gasteiger partial charge on any atom is -0.385 e. The van der Waals surface area contributed by atoms with Gasteiger partial charge in [-0.15, -0.1) is 0 Å². The summed E-state index contributed by atoms with van der Waals surface area (Å²) in [6.45, 7) is 2.46. The normalized spacial score (nSPS) is 10.7. The van der Waals surface area contributed by atoms with Gasteiger partial charge in [0.2, 0.25) is 0 Å². The molecule has 1 aromatic rings. The van der Waals surface area contributed by atoms with E-state index in [0.717, 1.165) is 6.42 Å². The fourth-order valence-electron chi connectivity index (χ4n) is 1.56. The van der Waals surface area contributed by atoms with E-state index in [4.69, 9.17) is 9.47 Å². The molecule has 4 nitrogen and oxygen atoms in total. The first kappa shape index (κ1) is 15.3. The van der Waals surface area contributed by atoms with Crippen molar-refractivity contribution in [3.63, 3.8) is 0 Å². The minimum atomic E-state index is -0.335. The van der Waals surface area contributed by atoms with E-state index in [1.165, 1.54) is 6.07 Å². The molecule has 0 aliphatic heterocycles. The van der Waals surface area contributed by atoms with Gasteiger partial charge in [0.1, 0.15) is 0 Å². The molecule has 1 heterocycles. The first-order chi connectivity index (χ1) is 8.69. The Kier molecular flexibility index (Phi) is 7.15. The molecular formula is C12H18BrFN2O2. The molecular weight excluding hydrogens is 303 g/mol. The fourth-order valence-corrected chi connectivity index (χ4v) is 1.87. The lowest BCUT2D eigenvalue weighted by atomic mass is 10.3. The van der Waals surface area contributed by atoms with Crippen LogP contribution in [0.15, 0.2) is 16.7 Å². The molecule has 0 amide bonds. The van der Waals surface area contributed by atoms with Crippen LogP contribution < -0.4 is 4.90 Å². The number of halogens is 2. The van der Waals surface area contributed by atoms with E-state index in [1.807, 2.05) is 4.90 Å². The summed E-state index contributed by atoms with van der Waals surface area (Å²) >= 11 is 3.20. The number of hydrogen-bond donors (Lipinski definition) is 0. The van der Waals surface area contributed by atoms with Crippen LogP contribution in [0.1, 0.15) is 6.42 Å². The first-order valence-corrected chi connectivity index (χ1v) is 6.52. The Bertz CT molecular complexity index is 366. The summed E-state index contributed by atoms with van der Waals surface area (Å²) < 4.78 is 24.5. The average Bonchev–Trinajstić information content (AvgIpc) is 2.34. The lowest BCUT2D eigenvalue weighted by Gasteiger charge is -2.23. The standard InChI is InChI=1S/C12H18BrFN2O2/c1-17-6-3-4-16(5-7-18-2)12-11(14)8-10(13)9-15-12/h8-9H,3-7H2,1-2H3. The second-order valence-corrected chi connectivity index (χ2v) is 4.70. The van der Waals surface area contributed by atoms with Crippen LogP contribution in [0.2, 0.25) is 0 Å². The van der Waals surface area contributed by atoms with Crippen molar-refractivity contribution in [2.24, 2.45) is 0 Å². The zero-order valence-electron chi connectivity index (χ0n) is 10.7. The van der Waals surface area contributed by atoms with Crippen molar-refractivity contribution in [1.29, 1.82) is 0 Å². The maximum atomic E-state index is 13.8. The zero-order valence-corrected chi connectivity index (χ0v) is 12.2. The van der Waals surface area contributed by atoms with Crippen LogP contribution in [0.4, 0.5) is 10.2 Å². The maximum absolute atomic E-state index is 13.8. The summed E-state index contributed by atoms with van der Waals surface area (Å²) in [6, 6.07) is 1.42. The van der Waals surface area contributed by atoms with E-state index >= 15 is 0 Å². The number of hydrogen-bond acceptors (Lipinski definition) is 4. The Morgan fingerprint density at radius 2 is 2.00 bits per heavy atom. The van der Waals surface area contributed by atoms with Gasteiger partial charge >= 0.3 is 0 Å². The molecule has 0 N–H and O–H groups in total. The molecule has 18 heavy (non-hydrogen) atoms. The van der Waals surface area contributed by atoms with Crippen molar-refractivity contribution in [2.45, 2.75) is 6.42 Å². The highest BCUT2D eigenvalue weighted by molar-refractivity contribution is 9.10. The van der Waals surface area contributed by atoms with E-state index in [2.05, 4.69) is 20.9 Å². The third-order valence-corrected chi connectivity index (χ3v) is 2.86. The number of aromatic nitrogens is 1. The van der Waals surface area contributed by atoms with Crippen molar-refractivity contribution in [3.8, 4) is 0 Å². The van der Waals surface area contributed by atoms with Gasteiger partial charge < -0.3 is 14.4 Å². The van der Waals surface area contributed by atoms with Gasteiger partial charge in [0.05, 0.1) is 6.61 Å². The lowest BCUT2D eigenvalue weighted by Crippen LogP contribution is -2.30. The van der Waals surface area contributed by atoms with Crippen molar-refractivity contribution >= 4 is 21.7 Å². The topological polar surface area (TPSA) is 34.6 Å². The van der Waals surface area contributed by atoms with Crippen molar-refractivity contribution < 1.29 is 13.9 Å². The fraction of sp³-hybridized carbons (Fsp3) is 0.583. The van der Waals surface area contributed by atoms with Crippen molar-refractivity contribution in [2.75, 3.05) is 45.4 Å². The molecule has 0 radical (unpaired) electrons. The van der Waals surface area contributed by atoms with Crippen LogP contribution in [0, 0.1) is 5.82 Å². The summed E-state index contributed by atoms with van der Waals surface area (Å²) in [6.07, 6.45) is 2.41. The molecule has 0 fully saturated rings. The highest BCUT2D eigenvalue weighted by Crippen LogP contribution is 2.20. The van der Waals surface area contributed by atoms with Crippen molar-refractivity contribution in [3.05, 3.63) is 22.6 Å². The number of ether oxygens (including phenoxy) is 2. The maximum Gasteiger partial charge on any atom is 0.166 e. The molecule has 0 spiro atoms.